The molecule has 30 heavy (non-hydrogen) atoms. The average molecular weight is 416 g/mol. The Hall–Kier alpha value is -1.79. The molecule has 1 heterocycles. The number of aliphatic hydroxyl groups is 1. The van der Waals surface area contributed by atoms with Crippen molar-refractivity contribution in [2.45, 2.75) is 76.4 Å². The molecule has 6 heteroatoms. The van der Waals surface area contributed by atoms with Crippen LogP contribution in [-0.4, -0.2) is 53.8 Å². The number of rotatable bonds is 7. The second-order valence-corrected chi connectivity index (χ2v) is 9.76. The van der Waals surface area contributed by atoms with E-state index in [9.17, 15) is 9.90 Å². The number of likely N-dealkylation sites (tertiary alicyclic amines) is 1. The van der Waals surface area contributed by atoms with Crippen LogP contribution in [0.1, 0.15) is 73.7 Å². The maximum Gasteiger partial charge on any atom is 0.255 e. The van der Waals surface area contributed by atoms with Gasteiger partial charge in [-0.05, 0) is 63.0 Å². The normalized spacial score (nSPS) is 22.6. The van der Waals surface area contributed by atoms with Crippen molar-refractivity contribution in [3.63, 3.8) is 0 Å². The highest BCUT2D eigenvalue weighted by Crippen LogP contribution is 2.34. The highest BCUT2D eigenvalue weighted by Gasteiger charge is 2.37. The van der Waals surface area contributed by atoms with E-state index >= 15 is 0 Å². The van der Waals surface area contributed by atoms with Gasteiger partial charge in [0.05, 0.1) is 23.8 Å². The first-order valence-electron chi connectivity index (χ1n) is 11.7. The molecule has 1 aliphatic heterocycles. The summed E-state index contributed by atoms with van der Waals surface area (Å²) in [5, 5.41) is 13.3. The molecule has 0 spiro atoms. The first-order valence-corrected chi connectivity index (χ1v) is 11.7. The molecule has 1 aromatic carbocycles. The quantitative estimate of drug-likeness (QED) is 0.595. The van der Waals surface area contributed by atoms with E-state index in [-0.39, 0.29) is 17.6 Å². The van der Waals surface area contributed by atoms with Crippen molar-refractivity contribution in [3.8, 4) is 5.75 Å². The third kappa shape index (κ3) is 5.27. The summed E-state index contributed by atoms with van der Waals surface area (Å²) in [4.78, 5) is 15.9. The molecule has 6 nitrogen and oxygen atoms in total. The third-order valence-corrected chi connectivity index (χ3v) is 7.06. The van der Waals surface area contributed by atoms with Crippen molar-refractivity contribution >= 4 is 11.6 Å². The molecule has 3 fully saturated rings. The third-order valence-electron chi connectivity index (χ3n) is 7.06. The van der Waals surface area contributed by atoms with Gasteiger partial charge in [-0.1, -0.05) is 19.3 Å². The number of hydrogen-bond acceptors (Lipinski definition) is 5. The molecule has 4 rings (SSSR count). The van der Waals surface area contributed by atoms with Crippen LogP contribution in [-0.2, 0) is 0 Å². The molecular formula is C24H37N3O3. The first-order chi connectivity index (χ1) is 14.4. The number of amides is 1. The number of hydrogen-bond donors (Lipinski definition) is 3. The molecule has 0 aromatic heterocycles. The number of nitrogens with one attached hydrogen (secondary N) is 1. The van der Waals surface area contributed by atoms with E-state index in [0.717, 1.165) is 63.7 Å². The Morgan fingerprint density at radius 3 is 2.57 bits per heavy atom. The molecule has 0 unspecified atom stereocenters. The second kappa shape index (κ2) is 9.15. The number of nitrogens with zero attached hydrogens (tertiary/aromatic N) is 1. The summed E-state index contributed by atoms with van der Waals surface area (Å²) in [6.45, 7) is 5.25. The standard InChI is InChI=1S/C24H37N3O3/c1-17-13-20(22(14-21(17)25)30-15-18-5-6-18)23(29)26-24(9-3-2-4-10-24)16-27-11-7-19(28)8-12-27/h13-14,18-19,28H,2-12,15-16,25H2,1H3,(H,26,29). The van der Waals surface area contributed by atoms with Gasteiger partial charge in [0.25, 0.3) is 5.91 Å². The van der Waals surface area contributed by atoms with Gasteiger partial charge in [0.2, 0.25) is 0 Å². The second-order valence-electron chi connectivity index (χ2n) is 9.76. The Balaban J connectivity index is 1.51. The number of carbonyl (C=O) groups is 1. The van der Waals surface area contributed by atoms with Gasteiger partial charge >= 0.3 is 0 Å². The molecule has 1 aromatic rings. The summed E-state index contributed by atoms with van der Waals surface area (Å²) in [5.74, 6) is 1.17. The minimum atomic E-state index is -0.208. The molecule has 1 amide bonds. The Bertz CT molecular complexity index is 748. The number of aryl methyl sites for hydroxylation is 1. The minimum Gasteiger partial charge on any atom is -0.492 e. The zero-order valence-electron chi connectivity index (χ0n) is 18.3. The maximum absolute atomic E-state index is 13.5. The predicted molar refractivity (Wildman–Crippen MR) is 119 cm³/mol. The molecular weight excluding hydrogens is 378 g/mol. The van der Waals surface area contributed by atoms with Gasteiger partial charge in [-0.15, -0.1) is 0 Å². The van der Waals surface area contributed by atoms with E-state index in [2.05, 4.69) is 10.2 Å². The molecule has 2 saturated carbocycles. The van der Waals surface area contributed by atoms with Crippen LogP contribution in [0.25, 0.3) is 0 Å². The fourth-order valence-electron chi connectivity index (χ4n) is 4.86. The van der Waals surface area contributed by atoms with Crippen LogP contribution in [0.5, 0.6) is 5.75 Å². The van der Waals surface area contributed by atoms with Crippen LogP contribution in [0.3, 0.4) is 0 Å². The Labute approximate surface area is 180 Å². The van der Waals surface area contributed by atoms with Crippen LogP contribution in [0, 0.1) is 12.8 Å². The lowest BCUT2D eigenvalue weighted by atomic mass is 9.80. The van der Waals surface area contributed by atoms with Gasteiger partial charge in [-0.3, -0.25) is 4.79 Å². The molecule has 0 radical (unpaired) electrons. The van der Waals surface area contributed by atoms with Crippen molar-refractivity contribution in [3.05, 3.63) is 23.3 Å². The van der Waals surface area contributed by atoms with Crippen LogP contribution >= 0.6 is 0 Å². The number of ether oxygens (including phenoxy) is 1. The molecule has 2 aliphatic carbocycles. The lowest BCUT2D eigenvalue weighted by molar-refractivity contribution is 0.0530. The summed E-state index contributed by atoms with van der Waals surface area (Å²) >= 11 is 0. The van der Waals surface area contributed by atoms with Crippen LogP contribution < -0.4 is 15.8 Å². The number of aliphatic hydroxyl groups excluding tert-OH is 1. The molecule has 0 bridgehead atoms. The zero-order valence-corrected chi connectivity index (χ0v) is 18.3. The van der Waals surface area contributed by atoms with Crippen LogP contribution in [0.4, 0.5) is 5.69 Å². The van der Waals surface area contributed by atoms with Gasteiger partial charge in [-0.25, -0.2) is 0 Å². The van der Waals surface area contributed by atoms with Crippen molar-refractivity contribution in [1.82, 2.24) is 10.2 Å². The number of nitrogen functional groups attached to an aromatic ring is 1. The molecule has 4 N–H and O–H groups in total. The molecule has 1 saturated heterocycles. The Kier molecular flexibility index (Phi) is 6.54. The van der Waals surface area contributed by atoms with E-state index in [1.165, 1.54) is 19.3 Å². The molecule has 3 aliphatic rings. The van der Waals surface area contributed by atoms with Crippen LogP contribution in [0.2, 0.25) is 0 Å². The van der Waals surface area contributed by atoms with Crippen molar-refractivity contribution < 1.29 is 14.6 Å². The number of benzene rings is 1. The average Bonchev–Trinajstić information content (AvgIpc) is 3.55. The smallest absolute Gasteiger partial charge is 0.255 e. The number of nitrogens with two attached hydrogens (primary N) is 1. The predicted octanol–water partition coefficient (Wildman–Crippen LogP) is 3.26. The van der Waals surface area contributed by atoms with E-state index in [1.807, 2.05) is 19.1 Å². The monoisotopic (exact) mass is 415 g/mol. The van der Waals surface area contributed by atoms with Crippen molar-refractivity contribution in [1.29, 1.82) is 0 Å². The van der Waals surface area contributed by atoms with Gasteiger partial charge in [0, 0.05) is 31.4 Å². The van der Waals surface area contributed by atoms with E-state index in [0.29, 0.717) is 29.5 Å². The number of carbonyl (C=O) groups excluding carboxylic acids is 1. The highest BCUT2D eigenvalue weighted by molar-refractivity contribution is 5.98. The molecule has 0 atom stereocenters. The summed E-state index contributed by atoms with van der Waals surface area (Å²) in [6.07, 6.45) is 9.39. The lowest BCUT2D eigenvalue weighted by Crippen LogP contribution is -2.57. The summed E-state index contributed by atoms with van der Waals surface area (Å²) in [6, 6.07) is 3.69. The topological polar surface area (TPSA) is 87.8 Å². The fraction of sp³-hybridized carbons (Fsp3) is 0.708. The van der Waals surface area contributed by atoms with Crippen molar-refractivity contribution in [2.24, 2.45) is 5.92 Å². The summed E-state index contributed by atoms with van der Waals surface area (Å²) in [7, 11) is 0. The van der Waals surface area contributed by atoms with Gasteiger partial charge < -0.3 is 25.8 Å². The number of piperidine rings is 1. The van der Waals surface area contributed by atoms with Gasteiger partial charge in [0.15, 0.2) is 0 Å². The van der Waals surface area contributed by atoms with Gasteiger partial charge in [0.1, 0.15) is 5.75 Å². The number of anilines is 1. The summed E-state index contributed by atoms with van der Waals surface area (Å²) < 4.78 is 6.02. The lowest BCUT2D eigenvalue weighted by Gasteiger charge is -2.43. The Morgan fingerprint density at radius 2 is 1.90 bits per heavy atom. The van der Waals surface area contributed by atoms with E-state index < -0.39 is 0 Å². The largest absolute Gasteiger partial charge is 0.492 e. The fourth-order valence-corrected chi connectivity index (χ4v) is 4.86. The zero-order chi connectivity index (χ0) is 21.1. The first kappa shape index (κ1) is 21.4. The SMILES string of the molecule is Cc1cc(C(=O)NC2(CN3CCC(O)CC3)CCCCC2)c(OCC2CC2)cc1N. The van der Waals surface area contributed by atoms with Crippen LogP contribution in [0.15, 0.2) is 12.1 Å². The summed E-state index contributed by atoms with van der Waals surface area (Å²) in [5.41, 5.74) is 8.08. The Morgan fingerprint density at radius 1 is 1.20 bits per heavy atom. The molecule has 166 valence electrons. The maximum atomic E-state index is 13.5. The minimum absolute atomic E-state index is 0.0529. The highest BCUT2D eigenvalue weighted by atomic mass is 16.5. The van der Waals surface area contributed by atoms with Gasteiger partial charge in [-0.2, -0.15) is 0 Å². The van der Waals surface area contributed by atoms with Crippen molar-refractivity contribution in [2.75, 3.05) is 32.0 Å². The van der Waals surface area contributed by atoms with E-state index in [4.69, 9.17) is 10.5 Å². The van der Waals surface area contributed by atoms with E-state index in [1.54, 1.807) is 0 Å².